The Hall–Kier alpha value is -4.33. The van der Waals surface area contributed by atoms with Gasteiger partial charge in [-0.1, -0.05) is 42.5 Å². The third-order valence-corrected chi connectivity index (χ3v) is 6.48. The van der Waals surface area contributed by atoms with Gasteiger partial charge in [0.1, 0.15) is 6.04 Å². The Morgan fingerprint density at radius 2 is 1.37 bits per heavy atom. The van der Waals surface area contributed by atoms with E-state index < -0.39 is 17.9 Å². The molecule has 0 radical (unpaired) electrons. The zero-order valence-electron chi connectivity index (χ0n) is 19.0. The fourth-order valence-electron chi connectivity index (χ4n) is 4.63. The van der Waals surface area contributed by atoms with E-state index in [-0.39, 0.29) is 18.2 Å². The maximum atomic E-state index is 13.7. The highest BCUT2D eigenvalue weighted by molar-refractivity contribution is 6.22. The number of nitrogens with zero attached hydrogens (tertiary/aromatic N) is 4. The number of rotatable bonds is 5. The van der Waals surface area contributed by atoms with Crippen molar-refractivity contribution in [2.24, 2.45) is 0 Å². The lowest BCUT2D eigenvalue weighted by Crippen LogP contribution is -2.57. The average Bonchev–Trinajstić information content (AvgIpc) is 3.17. The van der Waals surface area contributed by atoms with Crippen LogP contribution in [0, 0.1) is 0 Å². The molecule has 1 saturated heterocycles. The summed E-state index contributed by atoms with van der Waals surface area (Å²) in [6, 6.07) is 18.5. The maximum absolute atomic E-state index is 13.7. The molecule has 176 valence electrons. The molecule has 2 aliphatic heterocycles. The van der Waals surface area contributed by atoms with Crippen molar-refractivity contribution >= 4 is 23.6 Å². The number of benzene rings is 2. The molecule has 5 rings (SSSR count). The minimum absolute atomic E-state index is 0.133. The quantitative estimate of drug-likeness (QED) is 0.536. The topological polar surface area (TPSA) is 90.9 Å². The van der Waals surface area contributed by atoms with Gasteiger partial charge in [0.25, 0.3) is 17.7 Å². The summed E-state index contributed by atoms with van der Waals surface area (Å²) in [5, 5.41) is 0. The number of carbonyl (C=O) groups is 4. The Bertz CT molecular complexity index is 1240. The van der Waals surface area contributed by atoms with E-state index in [1.54, 1.807) is 52.4 Å². The number of pyridine rings is 1. The van der Waals surface area contributed by atoms with Crippen molar-refractivity contribution in [2.45, 2.75) is 12.5 Å². The molecule has 0 spiro atoms. The van der Waals surface area contributed by atoms with Crippen molar-refractivity contribution < 1.29 is 19.2 Å². The first-order valence-corrected chi connectivity index (χ1v) is 11.5. The van der Waals surface area contributed by atoms with E-state index in [9.17, 15) is 19.2 Å². The van der Waals surface area contributed by atoms with E-state index in [2.05, 4.69) is 4.98 Å². The molecular weight excluding hydrogens is 444 g/mol. The first-order chi connectivity index (χ1) is 17.0. The first kappa shape index (κ1) is 22.5. The van der Waals surface area contributed by atoms with Crippen molar-refractivity contribution in [3.05, 3.63) is 101 Å². The number of hydrogen-bond donors (Lipinski definition) is 0. The number of piperazine rings is 1. The van der Waals surface area contributed by atoms with Gasteiger partial charge in [-0.2, -0.15) is 0 Å². The molecule has 1 atom stereocenters. The third-order valence-electron chi connectivity index (χ3n) is 6.48. The van der Waals surface area contributed by atoms with Crippen LogP contribution in [0.1, 0.15) is 36.6 Å². The maximum Gasteiger partial charge on any atom is 0.262 e. The molecule has 8 nitrogen and oxygen atoms in total. The zero-order chi connectivity index (χ0) is 24.4. The summed E-state index contributed by atoms with van der Waals surface area (Å²) in [5.74, 6) is -1.33. The molecule has 8 heteroatoms. The summed E-state index contributed by atoms with van der Waals surface area (Å²) in [7, 11) is 0. The van der Waals surface area contributed by atoms with Crippen molar-refractivity contribution in [1.82, 2.24) is 19.7 Å². The van der Waals surface area contributed by atoms with Crippen molar-refractivity contribution in [3.63, 3.8) is 0 Å². The van der Waals surface area contributed by atoms with Crippen LogP contribution in [0.3, 0.4) is 0 Å². The number of aromatic nitrogens is 1. The van der Waals surface area contributed by atoms with Crippen molar-refractivity contribution in [2.75, 3.05) is 26.2 Å². The predicted molar refractivity (Wildman–Crippen MR) is 128 cm³/mol. The Kier molecular flexibility index (Phi) is 6.10. The highest BCUT2D eigenvalue weighted by Crippen LogP contribution is 2.27. The molecule has 2 aromatic carbocycles. The van der Waals surface area contributed by atoms with Gasteiger partial charge in [-0.25, -0.2) is 0 Å². The van der Waals surface area contributed by atoms with Gasteiger partial charge in [-0.3, -0.25) is 29.1 Å². The van der Waals surface area contributed by atoms with Gasteiger partial charge in [-0.05, 0) is 29.8 Å². The molecule has 1 fully saturated rings. The highest BCUT2D eigenvalue weighted by atomic mass is 16.2. The monoisotopic (exact) mass is 468 g/mol. The molecule has 1 unspecified atom stereocenters. The second kappa shape index (κ2) is 9.50. The molecule has 0 aliphatic carbocycles. The molecule has 2 aliphatic rings. The van der Waals surface area contributed by atoms with E-state index in [0.717, 1.165) is 10.5 Å². The summed E-state index contributed by atoms with van der Waals surface area (Å²) < 4.78 is 0. The van der Waals surface area contributed by atoms with Gasteiger partial charge >= 0.3 is 0 Å². The van der Waals surface area contributed by atoms with E-state index in [1.165, 1.54) is 6.20 Å². The Morgan fingerprint density at radius 1 is 0.771 bits per heavy atom. The van der Waals surface area contributed by atoms with Crippen LogP contribution in [0.5, 0.6) is 0 Å². The fourth-order valence-corrected chi connectivity index (χ4v) is 4.63. The molecule has 3 heterocycles. The normalized spacial score (nSPS) is 16.3. The van der Waals surface area contributed by atoms with Gasteiger partial charge in [0, 0.05) is 45.0 Å². The molecule has 4 amide bonds. The largest absolute Gasteiger partial charge is 0.337 e. The van der Waals surface area contributed by atoms with E-state index in [0.29, 0.717) is 42.9 Å². The SMILES string of the molecule is O=C(c1cccnc1)N1CCN(C(=O)C(Cc2ccccc2)N2C(=O)c3ccccc3C2=O)CC1. The van der Waals surface area contributed by atoms with Gasteiger partial charge in [0.05, 0.1) is 16.7 Å². The van der Waals surface area contributed by atoms with Crippen LogP contribution in [0.2, 0.25) is 0 Å². The summed E-state index contributed by atoms with van der Waals surface area (Å²) in [6.07, 6.45) is 3.36. The standard InChI is InChI=1S/C27H24N4O4/c32-24(20-9-6-12-28-18-20)29-13-15-30(16-14-29)27(35)23(17-19-7-2-1-3-8-19)31-25(33)21-10-4-5-11-22(21)26(31)34/h1-12,18,23H,13-17H2. The summed E-state index contributed by atoms with van der Waals surface area (Å²) in [4.78, 5) is 61.3. The first-order valence-electron chi connectivity index (χ1n) is 11.5. The van der Waals surface area contributed by atoms with Crippen LogP contribution in [-0.4, -0.2) is 75.5 Å². The Labute approximate surface area is 202 Å². The second-order valence-corrected chi connectivity index (χ2v) is 8.59. The van der Waals surface area contributed by atoms with Crippen LogP contribution < -0.4 is 0 Å². The van der Waals surface area contributed by atoms with Crippen molar-refractivity contribution in [3.8, 4) is 0 Å². The number of carbonyl (C=O) groups excluding carboxylic acids is 4. The Morgan fingerprint density at radius 3 is 1.97 bits per heavy atom. The number of imide groups is 1. The molecule has 0 saturated carbocycles. The summed E-state index contributed by atoms with van der Waals surface area (Å²) in [6.45, 7) is 1.36. The molecular formula is C27H24N4O4. The fraction of sp³-hybridized carbons (Fsp3) is 0.222. The minimum atomic E-state index is -0.967. The molecule has 3 aromatic rings. The van der Waals surface area contributed by atoms with Gasteiger partial charge in [0.15, 0.2) is 0 Å². The molecule has 35 heavy (non-hydrogen) atoms. The molecule has 0 bridgehead atoms. The number of fused-ring (bicyclic) bond motifs is 1. The van der Waals surface area contributed by atoms with Crippen LogP contribution in [0.15, 0.2) is 79.1 Å². The predicted octanol–water partition coefficient (Wildman–Crippen LogP) is 2.27. The van der Waals surface area contributed by atoms with Crippen LogP contribution in [0.4, 0.5) is 0 Å². The summed E-state index contributed by atoms with van der Waals surface area (Å²) >= 11 is 0. The minimum Gasteiger partial charge on any atom is -0.337 e. The lowest BCUT2D eigenvalue weighted by atomic mass is 10.0. The van der Waals surface area contributed by atoms with E-state index in [1.807, 2.05) is 30.3 Å². The zero-order valence-corrected chi connectivity index (χ0v) is 19.0. The highest BCUT2D eigenvalue weighted by Gasteiger charge is 2.44. The lowest BCUT2D eigenvalue weighted by Gasteiger charge is -2.38. The smallest absolute Gasteiger partial charge is 0.262 e. The van der Waals surface area contributed by atoms with Crippen LogP contribution in [-0.2, 0) is 11.2 Å². The van der Waals surface area contributed by atoms with Gasteiger partial charge in [-0.15, -0.1) is 0 Å². The number of hydrogen-bond acceptors (Lipinski definition) is 5. The van der Waals surface area contributed by atoms with E-state index in [4.69, 9.17) is 0 Å². The lowest BCUT2D eigenvalue weighted by molar-refractivity contribution is -0.136. The van der Waals surface area contributed by atoms with Gasteiger partial charge in [0.2, 0.25) is 5.91 Å². The van der Waals surface area contributed by atoms with Gasteiger partial charge < -0.3 is 9.80 Å². The van der Waals surface area contributed by atoms with Crippen molar-refractivity contribution in [1.29, 1.82) is 0 Å². The Balaban J connectivity index is 1.36. The summed E-state index contributed by atoms with van der Waals surface area (Å²) in [5.41, 5.74) is 1.98. The third kappa shape index (κ3) is 4.30. The van der Waals surface area contributed by atoms with Crippen LogP contribution in [0.25, 0.3) is 0 Å². The molecule has 1 aromatic heterocycles. The van der Waals surface area contributed by atoms with E-state index >= 15 is 0 Å². The number of amides is 4. The van der Waals surface area contributed by atoms with Crippen LogP contribution >= 0.6 is 0 Å². The average molecular weight is 469 g/mol. The molecule has 0 N–H and O–H groups in total. The second-order valence-electron chi connectivity index (χ2n) is 8.59.